The first-order valence-electron chi connectivity index (χ1n) is 9.38. The predicted octanol–water partition coefficient (Wildman–Crippen LogP) is 6.46. The molecule has 0 spiro atoms. The first-order valence-corrected chi connectivity index (χ1v) is 10.3. The van der Waals surface area contributed by atoms with Gasteiger partial charge in [0.25, 0.3) is 0 Å². The largest absolute Gasteiger partial charge is 0.379 e. The van der Waals surface area contributed by atoms with E-state index in [9.17, 15) is 5.11 Å². The van der Waals surface area contributed by atoms with Crippen LogP contribution in [0.1, 0.15) is 21.9 Å². The SMILES string of the molecule is OC(c1ccccc1)(c1ccccc1)[C@@H](Sc1ccccc1)c1ccccc1. The molecule has 1 N–H and O–H groups in total. The van der Waals surface area contributed by atoms with Crippen LogP contribution in [0.3, 0.4) is 0 Å². The van der Waals surface area contributed by atoms with Crippen molar-refractivity contribution < 1.29 is 5.11 Å². The highest BCUT2D eigenvalue weighted by Crippen LogP contribution is 2.51. The van der Waals surface area contributed by atoms with Crippen LogP contribution in [0, 0.1) is 0 Å². The third kappa shape index (κ3) is 3.75. The minimum atomic E-state index is -1.18. The van der Waals surface area contributed by atoms with E-state index >= 15 is 0 Å². The second-order valence-corrected chi connectivity index (χ2v) is 7.90. The lowest BCUT2D eigenvalue weighted by molar-refractivity contribution is 0.0777. The minimum Gasteiger partial charge on any atom is -0.379 e. The zero-order chi connectivity index (χ0) is 19.2. The molecule has 0 saturated carbocycles. The summed E-state index contributed by atoms with van der Waals surface area (Å²) in [6, 6.07) is 40.5. The van der Waals surface area contributed by atoms with E-state index in [2.05, 4.69) is 24.3 Å². The Morgan fingerprint density at radius 2 is 0.929 bits per heavy atom. The molecule has 0 aliphatic rings. The molecule has 4 aromatic rings. The Morgan fingerprint density at radius 1 is 0.536 bits per heavy atom. The van der Waals surface area contributed by atoms with Crippen molar-refractivity contribution in [3.8, 4) is 0 Å². The van der Waals surface area contributed by atoms with Crippen LogP contribution < -0.4 is 0 Å². The molecule has 28 heavy (non-hydrogen) atoms. The molecule has 1 atom stereocenters. The van der Waals surface area contributed by atoms with E-state index in [0.29, 0.717) is 0 Å². The predicted molar refractivity (Wildman–Crippen MR) is 117 cm³/mol. The minimum absolute atomic E-state index is 0.208. The second kappa shape index (κ2) is 8.47. The fraction of sp³-hybridized carbons (Fsp3) is 0.0769. The molecule has 0 saturated heterocycles. The third-order valence-electron chi connectivity index (χ3n) is 4.91. The first-order chi connectivity index (χ1) is 13.8. The van der Waals surface area contributed by atoms with Crippen molar-refractivity contribution in [2.75, 3.05) is 0 Å². The van der Waals surface area contributed by atoms with E-state index in [1.165, 1.54) is 0 Å². The molecule has 0 aromatic heterocycles. The molecule has 4 rings (SSSR count). The van der Waals surface area contributed by atoms with Gasteiger partial charge in [0.1, 0.15) is 5.60 Å². The molecule has 0 heterocycles. The van der Waals surface area contributed by atoms with Gasteiger partial charge in [-0.1, -0.05) is 109 Å². The summed E-state index contributed by atoms with van der Waals surface area (Å²) in [4.78, 5) is 1.13. The lowest BCUT2D eigenvalue weighted by atomic mass is 9.81. The summed E-state index contributed by atoms with van der Waals surface area (Å²) < 4.78 is 0. The summed E-state index contributed by atoms with van der Waals surface area (Å²) in [6.45, 7) is 0. The van der Waals surface area contributed by atoms with Crippen LogP contribution in [0.25, 0.3) is 0 Å². The zero-order valence-electron chi connectivity index (χ0n) is 15.5. The Morgan fingerprint density at radius 3 is 1.39 bits per heavy atom. The molecule has 138 valence electrons. The van der Waals surface area contributed by atoms with Crippen LogP contribution in [-0.4, -0.2) is 5.11 Å². The summed E-state index contributed by atoms with van der Waals surface area (Å²) >= 11 is 1.69. The van der Waals surface area contributed by atoms with Crippen LogP contribution in [0.4, 0.5) is 0 Å². The van der Waals surface area contributed by atoms with Gasteiger partial charge in [-0.25, -0.2) is 0 Å². The van der Waals surface area contributed by atoms with Crippen LogP contribution in [0.15, 0.2) is 126 Å². The quantitative estimate of drug-likeness (QED) is 0.386. The number of thioether (sulfide) groups is 1. The Bertz CT molecular complexity index is 946. The maximum absolute atomic E-state index is 12.3. The van der Waals surface area contributed by atoms with Crippen molar-refractivity contribution in [2.24, 2.45) is 0 Å². The Kier molecular flexibility index (Phi) is 5.61. The van der Waals surface area contributed by atoms with Crippen LogP contribution >= 0.6 is 11.8 Å². The first kappa shape index (κ1) is 18.5. The van der Waals surface area contributed by atoms with Gasteiger partial charge in [-0.2, -0.15) is 0 Å². The van der Waals surface area contributed by atoms with Gasteiger partial charge in [-0.3, -0.25) is 0 Å². The van der Waals surface area contributed by atoms with Gasteiger partial charge < -0.3 is 5.11 Å². The van der Waals surface area contributed by atoms with Crippen LogP contribution in [0.2, 0.25) is 0 Å². The third-order valence-corrected chi connectivity index (χ3v) is 6.30. The number of rotatable bonds is 6. The fourth-order valence-corrected chi connectivity index (χ4v) is 4.83. The van der Waals surface area contributed by atoms with E-state index in [4.69, 9.17) is 0 Å². The monoisotopic (exact) mass is 382 g/mol. The molecule has 0 unspecified atom stereocenters. The van der Waals surface area contributed by atoms with E-state index in [-0.39, 0.29) is 5.25 Å². The molecule has 2 heteroatoms. The number of hydrogen-bond donors (Lipinski definition) is 1. The van der Waals surface area contributed by atoms with Crippen molar-refractivity contribution in [2.45, 2.75) is 15.7 Å². The lowest BCUT2D eigenvalue weighted by Gasteiger charge is -2.37. The lowest BCUT2D eigenvalue weighted by Crippen LogP contribution is -2.33. The molecular formula is C26H22OS. The number of hydrogen-bond acceptors (Lipinski definition) is 2. The van der Waals surface area contributed by atoms with Crippen molar-refractivity contribution in [1.82, 2.24) is 0 Å². The van der Waals surface area contributed by atoms with Gasteiger partial charge in [-0.15, -0.1) is 11.8 Å². The summed E-state index contributed by atoms with van der Waals surface area (Å²) in [5.74, 6) is 0. The van der Waals surface area contributed by atoms with Gasteiger partial charge in [-0.05, 0) is 28.8 Å². The van der Waals surface area contributed by atoms with Gasteiger partial charge in [0.2, 0.25) is 0 Å². The Labute approximate surface area is 170 Å². The summed E-state index contributed by atoms with van der Waals surface area (Å²) in [7, 11) is 0. The average Bonchev–Trinajstić information content (AvgIpc) is 2.79. The molecule has 0 aliphatic heterocycles. The average molecular weight is 383 g/mol. The van der Waals surface area contributed by atoms with Crippen molar-refractivity contribution in [3.05, 3.63) is 138 Å². The summed E-state index contributed by atoms with van der Waals surface area (Å²) in [5, 5.41) is 12.1. The van der Waals surface area contributed by atoms with Crippen molar-refractivity contribution in [3.63, 3.8) is 0 Å². The van der Waals surface area contributed by atoms with Crippen LogP contribution in [-0.2, 0) is 5.60 Å². The fourth-order valence-electron chi connectivity index (χ4n) is 3.51. The smallest absolute Gasteiger partial charge is 0.131 e. The van der Waals surface area contributed by atoms with Crippen LogP contribution in [0.5, 0.6) is 0 Å². The van der Waals surface area contributed by atoms with E-state index in [1.54, 1.807) is 11.8 Å². The molecule has 0 aliphatic carbocycles. The summed E-state index contributed by atoms with van der Waals surface area (Å²) in [5.41, 5.74) is 1.69. The van der Waals surface area contributed by atoms with Gasteiger partial charge >= 0.3 is 0 Å². The van der Waals surface area contributed by atoms with Gasteiger partial charge in [0.15, 0.2) is 0 Å². The zero-order valence-corrected chi connectivity index (χ0v) is 16.3. The highest BCUT2D eigenvalue weighted by atomic mass is 32.2. The number of aliphatic hydroxyl groups is 1. The molecule has 0 bridgehead atoms. The van der Waals surface area contributed by atoms with Crippen molar-refractivity contribution >= 4 is 11.8 Å². The Balaban J connectivity index is 1.91. The van der Waals surface area contributed by atoms with E-state index < -0.39 is 5.60 Å². The molecule has 1 nitrogen and oxygen atoms in total. The van der Waals surface area contributed by atoms with E-state index in [1.807, 2.05) is 97.1 Å². The molecular weight excluding hydrogens is 360 g/mol. The topological polar surface area (TPSA) is 20.2 Å². The highest BCUT2D eigenvalue weighted by molar-refractivity contribution is 7.99. The standard InChI is InChI=1S/C26H22OS/c27-26(22-15-7-2-8-16-22,23-17-9-3-10-18-23)25(21-13-5-1-6-14-21)28-24-19-11-4-12-20-24/h1-20,25,27H/t25-/m0/s1. The number of benzene rings is 4. The molecule has 0 amide bonds. The maximum atomic E-state index is 12.3. The van der Waals surface area contributed by atoms with Crippen molar-refractivity contribution in [1.29, 1.82) is 0 Å². The van der Waals surface area contributed by atoms with Gasteiger partial charge in [0, 0.05) is 4.90 Å². The maximum Gasteiger partial charge on any atom is 0.131 e. The normalized spacial score (nSPS) is 12.5. The van der Waals surface area contributed by atoms with Gasteiger partial charge in [0.05, 0.1) is 5.25 Å². The van der Waals surface area contributed by atoms with E-state index in [0.717, 1.165) is 21.6 Å². The summed E-state index contributed by atoms with van der Waals surface area (Å²) in [6.07, 6.45) is 0. The molecule has 0 fully saturated rings. The molecule has 4 aromatic carbocycles. The Hall–Kier alpha value is -2.81. The molecule has 0 radical (unpaired) electrons. The highest BCUT2D eigenvalue weighted by Gasteiger charge is 2.41. The second-order valence-electron chi connectivity index (χ2n) is 6.72.